The Morgan fingerprint density at radius 1 is 1.03 bits per heavy atom. The minimum atomic E-state index is -4.37. The average molecular weight is 453 g/mol. The van der Waals surface area contributed by atoms with Gasteiger partial charge in [0.2, 0.25) is 10.0 Å². The fourth-order valence-electron chi connectivity index (χ4n) is 3.10. The van der Waals surface area contributed by atoms with Crippen LogP contribution in [-0.4, -0.2) is 27.5 Å². The predicted octanol–water partition coefficient (Wildman–Crippen LogP) is 5.28. The van der Waals surface area contributed by atoms with Crippen LogP contribution >= 0.6 is 0 Å². The van der Waals surface area contributed by atoms with Gasteiger partial charge in [-0.3, -0.25) is 4.72 Å². The van der Waals surface area contributed by atoms with Crippen LogP contribution in [0, 0.1) is 0 Å². The zero-order chi connectivity index (χ0) is 22.5. The van der Waals surface area contributed by atoms with Gasteiger partial charge in [-0.25, -0.2) is 8.42 Å². The quantitative estimate of drug-likeness (QED) is 0.591. The van der Waals surface area contributed by atoms with Gasteiger partial charge in [0.15, 0.2) is 0 Å². The second-order valence-corrected chi connectivity index (χ2v) is 8.81. The number of rotatable bonds is 8. The van der Waals surface area contributed by atoms with E-state index in [4.69, 9.17) is 9.47 Å². The van der Waals surface area contributed by atoms with Gasteiger partial charge in [0.1, 0.15) is 17.3 Å². The number of hydrogen-bond acceptors (Lipinski definition) is 4. The van der Waals surface area contributed by atoms with Gasteiger partial charge in [0.25, 0.3) is 0 Å². The summed E-state index contributed by atoms with van der Waals surface area (Å²) in [7, 11) is -2.27. The van der Waals surface area contributed by atoms with E-state index in [0.717, 1.165) is 16.9 Å². The molecule has 1 N–H and O–H groups in total. The number of fused-ring (bicyclic) bond motifs is 1. The molecule has 2 aromatic rings. The third-order valence-electron chi connectivity index (χ3n) is 4.54. The summed E-state index contributed by atoms with van der Waals surface area (Å²) < 4.78 is 74.2. The Labute approximate surface area is 179 Å². The first-order valence-electron chi connectivity index (χ1n) is 9.53. The molecule has 166 valence electrons. The fourth-order valence-corrected chi connectivity index (χ4v) is 4.23. The van der Waals surface area contributed by atoms with Crippen molar-refractivity contribution < 1.29 is 31.1 Å². The van der Waals surface area contributed by atoms with E-state index >= 15 is 0 Å². The van der Waals surface area contributed by atoms with E-state index in [2.05, 4.69) is 4.72 Å². The van der Waals surface area contributed by atoms with Gasteiger partial charge in [-0.15, -0.1) is 0 Å². The van der Waals surface area contributed by atoms with Gasteiger partial charge in [0, 0.05) is 24.1 Å². The first-order chi connectivity index (χ1) is 14.6. The monoisotopic (exact) mass is 453 g/mol. The molecule has 0 heterocycles. The minimum Gasteiger partial charge on any atom is -0.496 e. The summed E-state index contributed by atoms with van der Waals surface area (Å²) in [6, 6.07) is 14.0. The van der Waals surface area contributed by atoms with Crippen LogP contribution in [0.2, 0.25) is 0 Å². The molecule has 0 spiro atoms. The molecule has 0 fully saturated rings. The number of sulfonamides is 1. The molecule has 9 heteroatoms. The second kappa shape index (κ2) is 9.47. The molecule has 0 unspecified atom stereocenters. The van der Waals surface area contributed by atoms with Gasteiger partial charge in [0.05, 0.1) is 12.9 Å². The summed E-state index contributed by atoms with van der Waals surface area (Å²) in [5.41, 5.74) is 2.28. The van der Waals surface area contributed by atoms with E-state index < -0.39 is 34.8 Å². The van der Waals surface area contributed by atoms with Crippen molar-refractivity contribution in [3.8, 4) is 5.75 Å². The summed E-state index contributed by atoms with van der Waals surface area (Å²) >= 11 is 0. The molecule has 0 saturated carbocycles. The van der Waals surface area contributed by atoms with E-state index in [0.29, 0.717) is 17.9 Å². The molecular weight excluding hydrogens is 431 g/mol. The normalized spacial score (nSPS) is 14.1. The number of methoxy groups -OCH3 is 1. The van der Waals surface area contributed by atoms with E-state index in [1.165, 1.54) is 12.1 Å². The van der Waals surface area contributed by atoms with Crippen molar-refractivity contribution in [3.05, 3.63) is 77.6 Å². The molecule has 0 saturated heterocycles. The van der Waals surface area contributed by atoms with Crippen LogP contribution in [0.4, 0.5) is 18.9 Å². The third kappa shape index (κ3) is 6.78. The summed E-state index contributed by atoms with van der Waals surface area (Å²) in [6.07, 6.45) is -1.82. The standard InChI is InChI=1S/C22H22F3NO4S/c1-29-21-12-11-19(15-16-5-2-3-6-20(16)21)30-18-9-7-17(8-10-18)26-31(27,28)14-4-13-22(23,24)25/h2-3,5-12,26H,4,13-15H2,1H3. The number of allylic oxidation sites excluding steroid dienone is 3. The highest BCUT2D eigenvalue weighted by Gasteiger charge is 2.27. The van der Waals surface area contributed by atoms with Gasteiger partial charge in [-0.1, -0.05) is 24.3 Å². The number of halogens is 3. The molecule has 3 rings (SSSR count). The van der Waals surface area contributed by atoms with E-state index in [-0.39, 0.29) is 5.69 Å². The molecule has 2 aromatic carbocycles. The molecule has 31 heavy (non-hydrogen) atoms. The molecular formula is C22H22F3NO4S. The van der Waals surface area contributed by atoms with Crippen molar-refractivity contribution in [3.63, 3.8) is 0 Å². The highest BCUT2D eigenvalue weighted by molar-refractivity contribution is 7.92. The molecule has 1 aliphatic carbocycles. The number of anilines is 1. The summed E-state index contributed by atoms with van der Waals surface area (Å²) in [5, 5.41) is 0. The SMILES string of the molecule is COC1=CC=C(Oc2ccc(NS(=O)(=O)CCCC(F)(F)F)cc2)Cc2ccccc21. The Morgan fingerprint density at radius 2 is 1.74 bits per heavy atom. The maximum absolute atomic E-state index is 12.2. The van der Waals surface area contributed by atoms with Crippen molar-refractivity contribution in [1.29, 1.82) is 0 Å². The minimum absolute atomic E-state index is 0.251. The van der Waals surface area contributed by atoms with E-state index in [9.17, 15) is 21.6 Å². The zero-order valence-corrected chi connectivity index (χ0v) is 17.6. The number of ether oxygens (including phenoxy) is 2. The van der Waals surface area contributed by atoms with Crippen LogP contribution in [0.5, 0.6) is 5.75 Å². The maximum atomic E-state index is 12.2. The fraction of sp³-hybridized carbons (Fsp3) is 0.273. The Balaban J connectivity index is 1.63. The van der Waals surface area contributed by atoms with Gasteiger partial charge < -0.3 is 9.47 Å². The lowest BCUT2D eigenvalue weighted by Gasteiger charge is -2.13. The highest BCUT2D eigenvalue weighted by atomic mass is 32.2. The molecule has 0 aromatic heterocycles. The average Bonchev–Trinajstić information content (AvgIpc) is 2.87. The maximum Gasteiger partial charge on any atom is 0.389 e. The molecule has 0 amide bonds. The van der Waals surface area contributed by atoms with Crippen LogP contribution in [0.3, 0.4) is 0 Å². The molecule has 5 nitrogen and oxygen atoms in total. The van der Waals surface area contributed by atoms with Crippen LogP contribution in [0.15, 0.2) is 66.4 Å². The molecule has 0 atom stereocenters. The largest absolute Gasteiger partial charge is 0.496 e. The van der Waals surface area contributed by atoms with Crippen molar-refractivity contribution >= 4 is 21.5 Å². The lowest BCUT2D eigenvalue weighted by atomic mass is 10.0. The lowest BCUT2D eigenvalue weighted by molar-refractivity contribution is -0.134. The van der Waals surface area contributed by atoms with Crippen LogP contribution in [0.25, 0.3) is 5.76 Å². The molecule has 1 aliphatic rings. The van der Waals surface area contributed by atoms with Crippen molar-refractivity contribution in [2.75, 3.05) is 17.6 Å². The van der Waals surface area contributed by atoms with Crippen LogP contribution < -0.4 is 9.46 Å². The number of hydrogen-bond donors (Lipinski definition) is 1. The van der Waals surface area contributed by atoms with Gasteiger partial charge in [-0.2, -0.15) is 13.2 Å². The second-order valence-electron chi connectivity index (χ2n) is 6.97. The molecule has 0 radical (unpaired) electrons. The topological polar surface area (TPSA) is 64.6 Å². The van der Waals surface area contributed by atoms with Crippen molar-refractivity contribution in [1.82, 2.24) is 0 Å². The zero-order valence-electron chi connectivity index (χ0n) is 16.8. The van der Waals surface area contributed by atoms with E-state index in [1.807, 2.05) is 36.4 Å². The number of benzene rings is 2. The Hall–Kier alpha value is -2.94. The summed E-state index contributed by atoms with van der Waals surface area (Å²) in [6.45, 7) is 0. The van der Waals surface area contributed by atoms with E-state index in [1.54, 1.807) is 19.2 Å². The Morgan fingerprint density at radius 3 is 2.42 bits per heavy atom. The number of alkyl halides is 3. The lowest BCUT2D eigenvalue weighted by Crippen LogP contribution is -2.18. The number of nitrogens with one attached hydrogen (secondary N) is 1. The molecule has 0 bridgehead atoms. The Kier molecular flexibility index (Phi) is 6.94. The smallest absolute Gasteiger partial charge is 0.389 e. The van der Waals surface area contributed by atoms with Crippen LogP contribution in [-0.2, 0) is 21.2 Å². The Bertz CT molecular complexity index is 1070. The third-order valence-corrected chi connectivity index (χ3v) is 5.91. The molecule has 0 aliphatic heterocycles. The first-order valence-corrected chi connectivity index (χ1v) is 11.2. The predicted molar refractivity (Wildman–Crippen MR) is 113 cm³/mol. The van der Waals surface area contributed by atoms with Gasteiger partial charge >= 0.3 is 6.18 Å². The van der Waals surface area contributed by atoms with Gasteiger partial charge in [-0.05, 0) is 48.4 Å². The first kappa shape index (κ1) is 22.7. The van der Waals surface area contributed by atoms with Crippen molar-refractivity contribution in [2.45, 2.75) is 25.4 Å². The summed E-state index contributed by atoms with van der Waals surface area (Å²) in [4.78, 5) is 0. The highest BCUT2D eigenvalue weighted by Crippen LogP contribution is 2.28. The van der Waals surface area contributed by atoms with Crippen LogP contribution in [0.1, 0.15) is 24.0 Å². The summed E-state index contributed by atoms with van der Waals surface area (Å²) in [5.74, 6) is 1.30. The van der Waals surface area contributed by atoms with Crippen molar-refractivity contribution in [2.24, 2.45) is 0 Å².